The number of nitrogens with two attached hydrogens (primary N) is 3. The smallest absolute Gasteiger partial charge is 0.158 e. The first-order valence-corrected chi connectivity index (χ1v) is 10.4. The molecule has 12 heteroatoms. The van der Waals surface area contributed by atoms with Gasteiger partial charge in [0.05, 0.1) is 23.9 Å². The van der Waals surface area contributed by atoms with Crippen LogP contribution in [0.2, 0.25) is 5.02 Å². The largest absolute Gasteiger partial charge is 0.382 e. The Kier molecular flexibility index (Phi) is 8.39. The predicted molar refractivity (Wildman–Crippen MR) is 132 cm³/mol. The van der Waals surface area contributed by atoms with E-state index < -0.39 is 0 Å². The summed E-state index contributed by atoms with van der Waals surface area (Å²) in [6, 6.07) is 1.86. The average molecular weight is 490 g/mol. The van der Waals surface area contributed by atoms with Gasteiger partial charge in [-0.2, -0.15) is 27.0 Å². The highest BCUT2D eigenvalue weighted by Gasteiger charge is 2.47. The Morgan fingerprint density at radius 3 is 2.50 bits per heavy atom. The predicted octanol–water partition coefficient (Wildman–Crippen LogP) is 2.40. The van der Waals surface area contributed by atoms with Crippen molar-refractivity contribution in [3.63, 3.8) is 0 Å². The van der Waals surface area contributed by atoms with Crippen LogP contribution < -0.4 is 22.1 Å². The lowest BCUT2D eigenvalue weighted by Gasteiger charge is -2.41. The summed E-state index contributed by atoms with van der Waals surface area (Å²) in [7, 11) is 0. The number of rotatable bonds is 3. The Hall–Kier alpha value is -1.11. The second kappa shape index (κ2) is 10.0. The summed E-state index contributed by atoms with van der Waals surface area (Å²) in [6.45, 7) is 4.51. The van der Waals surface area contributed by atoms with Gasteiger partial charge in [0.2, 0.25) is 0 Å². The number of hydrogen-bond acceptors (Lipinski definition) is 9. The van der Waals surface area contributed by atoms with E-state index in [4.69, 9.17) is 33.5 Å². The quantitative estimate of drug-likeness (QED) is 0.594. The van der Waals surface area contributed by atoms with Crippen LogP contribution in [0.15, 0.2) is 28.4 Å². The number of halogens is 1. The minimum atomic E-state index is 0. The highest BCUT2D eigenvalue weighted by molar-refractivity contribution is 7.99. The normalized spacial score (nSPS) is 22.4. The van der Waals surface area contributed by atoms with Crippen molar-refractivity contribution in [3.05, 3.63) is 23.5 Å². The van der Waals surface area contributed by atoms with E-state index in [1.807, 2.05) is 0 Å². The summed E-state index contributed by atoms with van der Waals surface area (Å²) in [4.78, 5) is 16.0. The van der Waals surface area contributed by atoms with Crippen molar-refractivity contribution >= 4 is 67.8 Å². The minimum Gasteiger partial charge on any atom is -0.382 e. The molecule has 166 valence electrons. The molecule has 2 saturated heterocycles. The van der Waals surface area contributed by atoms with E-state index in [0.717, 1.165) is 43.3 Å². The molecule has 2 atom stereocenters. The Balaban J connectivity index is 0.00000160. The van der Waals surface area contributed by atoms with Crippen molar-refractivity contribution in [1.29, 1.82) is 0 Å². The Morgan fingerprint density at radius 1 is 1.20 bits per heavy atom. The molecule has 2 aromatic rings. The maximum absolute atomic E-state index is 6.39. The summed E-state index contributed by atoms with van der Waals surface area (Å²) in [5, 5.41) is 0.980. The highest BCUT2D eigenvalue weighted by atomic mass is 35.5. The monoisotopic (exact) mass is 489 g/mol. The molecule has 0 aromatic carbocycles. The second-order valence-corrected chi connectivity index (χ2v) is 8.83. The maximum atomic E-state index is 6.39. The van der Waals surface area contributed by atoms with Crippen molar-refractivity contribution in [2.75, 3.05) is 36.1 Å². The lowest BCUT2D eigenvalue weighted by molar-refractivity contribution is 0.0974. The number of nitrogens with zero attached hydrogens (tertiary/aromatic N) is 4. The molecule has 0 saturated carbocycles. The molecule has 0 amide bonds. The lowest BCUT2D eigenvalue weighted by Crippen LogP contribution is -2.50. The number of nitrogen functional groups attached to an aromatic ring is 2. The number of ether oxygens (including phenoxy) is 1. The number of hydrogen-bond donors (Lipinski definition) is 3. The fourth-order valence-electron chi connectivity index (χ4n) is 3.89. The fourth-order valence-corrected chi connectivity index (χ4v) is 4.91. The fraction of sp³-hybridized carbons (Fsp3) is 0.500. The molecule has 4 rings (SSSR count). The highest BCUT2D eigenvalue weighted by Crippen LogP contribution is 2.42. The van der Waals surface area contributed by atoms with E-state index in [2.05, 4.69) is 26.8 Å². The van der Waals surface area contributed by atoms with Gasteiger partial charge in [-0.15, -0.1) is 0 Å². The minimum absolute atomic E-state index is 0. The van der Waals surface area contributed by atoms with E-state index in [0.29, 0.717) is 15.9 Å². The van der Waals surface area contributed by atoms with Gasteiger partial charge in [0, 0.05) is 35.6 Å². The molecule has 8 nitrogen and oxygen atoms in total. The molecule has 2 fully saturated rings. The van der Waals surface area contributed by atoms with E-state index in [9.17, 15) is 0 Å². The van der Waals surface area contributed by atoms with E-state index >= 15 is 0 Å². The molecule has 4 heterocycles. The van der Waals surface area contributed by atoms with Gasteiger partial charge in [-0.05, 0) is 25.8 Å². The summed E-state index contributed by atoms with van der Waals surface area (Å²) in [5.74, 6) is 1.42. The Bertz CT molecular complexity index is 883. The molecule has 2 aliphatic heterocycles. The molecular weight excluding hydrogens is 462 g/mol. The zero-order chi connectivity index (χ0) is 19.9. The van der Waals surface area contributed by atoms with Gasteiger partial charge in [0.25, 0.3) is 0 Å². The standard InChI is InChI=1S/C18H24ClN7OS.2H2S/c1-10-14(20)18(9-27-10)3-6-26(7-4-18)12-8-24-17(16(22)25-12)28-11-2-5-23-15(21)13(11)19;;/h2,5,8,10,14H,3-4,6-7,9,20H2,1H3,(H2,21,23)(H2,22,25);2*1H2/t10-,14+;;/m0../s1. The van der Waals surface area contributed by atoms with Crippen LogP contribution in [-0.2, 0) is 4.74 Å². The van der Waals surface area contributed by atoms with Crippen molar-refractivity contribution < 1.29 is 4.74 Å². The van der Waals surface area contributed by atoms with Crippen molar-refractivity contribution in [2.24, 2.45) is 11.1 Å². The SMILES string of the molecule is C[C@@H]1OCC2(CCN(c3cnc(Sc4ccnc(N)c4Cl)c(N)n3)CC2)[C@@H]1N.S.S. The van der Waals surface area contributed by atoms with Crippen molar-refractivity contribution in [3.8, 4) is 0 Å². The number of anilines is 3. The Labute approximate surface area is 199 Å². The Morgan fingerprint density at radius 2 is 1.90 bits per heavy atom. The third-order valence-electron chi connectivity index (χ3n) is 5.77. The van der Waals surface area contributed by atoms with Crippen LogP contribution in [0.3, 0.4) is 0 Å². The zero-order valence-electron chi connectivity index (χ0n) is 16.6. The van der Waals surface area contributed by atoms with Crippen LogP contribution in [0.25, 0.3) is 0 Å². The van der Waals surface area contributed by atoms with Gasteiger partial charge < -0.3 is 26.8 Å². The van der Waals surface area contributed by atoms with Crippen molar-refractivity contribution in [1.82, 2.24) is 15.0 Å². The molecule has 2 aromatic heterocycles. The first-order valence-electron chi connectivity index (χ1n) is 9.22. The molecule has 0 unspecified atom stereocenters. The lowest BCUT2D eigenvalue weighted by atomic mass is 9.73. The number of pyridine rings is 1. The third kappa shape index (κ3) is 4.71. The number of piperidine rings is 1. The summed E-state index contributed by atoms with van der Waals surface area (Å²) >= 11 is 7.53. The van der Waals surface area contributed by atoms with Crippen LogP contribution in [0, 0.1) is 5.41 Å². The van der Waals surface area contributed by atoms with Gasteiger partial charge in [0.1, 0.15) is 16.7 Å². The van der Waals surface area contributed by atoms with Gasteiger partial charge in [-0.3, -0.25) is 0 Å². The summed E-state index contributed by atoms with van der Waals surface area (Å²) < 4.78 is 5.79. The molecule has 2 aliphatic rings. The molecule has 0 radical (unpaired) electrons. The van der Waals surface area contributed by atoms with Crippen LogP contribution in [0.5, 0.6) is 0 Å². The molecular formula is C18H28ClN7OS3. The molecule has 1 spiro atoms. The van der Waals surface area contributed by atoms with Gasteiger partial charge >= 0.3 is 0 Å². The zero-order valence-corrected chi connectivity index (χ0v) is 20.2. The van der Waals surface area contributed by atoms with Crippen molar-refractivity contribution in [2.45, 2.75) is 41.8 Å². The van der Waals surface area contributed by atoms with Crippen LogP contribution in [-0.4, -0.2) is 46.8 Å². The molecule has 6 N–H and O–H groups in total. The van der Waals surface area contributed by atoms with Crippen LogP contribution >= 0.6 is 50.4 Å². The average Bonchev–Trinajstić information content (AvgIpc) is 2.96. The molecule has 0 aliphatic carbocycles. The second-order valence-electron chi connectivity index (χ2n) is 7.42. The third-order valence-corrected chi connectivity index (χ3v) is 7.35. The topological polar surface area (TPSA) is 129 Å². The van der Waals surface area contributed by atoms with E-state index in [-0.39, 0.29) is 50.4 Å². The van der Waals surface area contributed by atoms with Gasteiger partial charge in [0.15, 0.2) is 5.82 Å². The van der Waals surface area contributed by atoms with E-state index in [1.165, 1.54) is 11.8 Å². The van der Waals surface area contributed by atoms with Gasteiger partial charge in [-0.1, -0.05) is 23.4 Å². The summed E-state index contributed by atoms with van der Waals surface area (Å²) in [5.41, 5.74) is 18.4. The number of aromatic nitrogens is 3. The summed E-state index contributed by atoms with van der Waals surface area (Å²) in [6.07, 6.45) is 5.42. The first-order chi connectivity index (χ1) is 13.4. The first kappa shape index (κ1) is 25.2. The van der Waals surface area contributed by atoms with Crippen LogP contribution in [0.4, 0.5) is 17.5 Å². The molecule has 0 bridgehead atoms. The maximum Gasteiger partial charge on any atom is 0.158 e. The van der Waals surface area contributed by atoms with Gasteiger partial charge in [-0.25, -0.2) is 15.0 Å². The van der Waals surface area contributed by atoms with E-state index in [1.54, 1.807) is 18.5 Å². The van der Waals surface area contributed by atoms with Crippen LogP contribution in [0.1, 0.15) is 19.8 Å². The molecule has 30 heavy (non-hydrogen) atoms.